The van der Waals surface area contributed by atoms with Gasteiger partial charge in [0, 0.05) is 23.6 Å². The van der Waals surface area contributed by atoms with Gasteiger partial charge in [-0.3, -0.25) is 14.9 Å². The maximum atomic E-state index is 11.8. The van der Waals surface area contributed by atoms with E-state index < -0.39 is 4.92 Å². The zero-order valence-corrected chi connectivity index (χ0v) is 10.9. The van der Waals surface area contributed by atoms with Gasteiger partial charge in [-0.05, 0) is 31.5 Å². The van der Waals surface area contributed by atoms with Gasteiger partial charge in [0.2, 0.25) is 5.91 Å². The SMILES string of the molecule is O=C(CC1CCCN1)Nc1cc(Cl)ccc1[N+](=O)[O-]. The Kier molecular flexibility index (Phi) is 4.34. The molecule has 102 valence electrons. The quantitative estimate of drug-likeness (QED) is 0.656. The smallest absolute Gasteiger partial charge is 0.292 e. The van der Waals surface area contributed by atoms with Crippen LogP contribution >= 0.6 is 11.6 Å². The molecule has 1 aromatic carbocycles. The van der Waals surface area contributed by atoms with Crippen molar-refractivity contribution >= 4 is 28.9 Å². The van der Waals surface area contributed by atoms with E-state index in [1.807, 2.05) is 0 Å². The highest BCUT2D eigenvalue weighted by Crippen LogP contribution is 2.27. The minimum Gasteiger partial charge on any atom is -0.320 e. The lowest BCUT2D eigenvalue weighted by molar-refractivity contribution is -0.383. The molecule has 1 aliphatic heterocycles. The molecule has 0 bridgehead atoms. The Balaban J connectivity index is 2.06. The lowest BCUT2D eigenvalue weighted by Crippen LogP contribution is -2.27. The molecule has 2 N–H and O–H groups in total. The number of halogens is 1. The molecule has 0 aliphatic carbocycles. The largest absolute Gasteiger partial charge is 0.320 e. The second-order valence-electron chi connectivity index (χ2n) is 4.46. The van der Waals surface area contributed by atoms with Crippen molar-refractivity contribution in [2.75, 3.05) is 11.9 Å². The Bertz CT molecular complexity index is 501. The van der Waals surface area contributed by atoms with E-state index in [0.717, 1.165) is 19.4 Å². The Morgan fingerprint density at radius 3 is 3.00 bits per heavy atom. The van der Waals surface area contributed by atoms with Gasteiger partial charge < -0.3 is 10.6 Å². The number of benzene rings is 1. The molecule has 0 radical (unpaired) electrons. The van der Waals surface area contributed by atoms with Crippen LogP contribution in [0, 0.1) is 10.1 Å². The molecule has 7 heteroatoms. The van der Waals surface area contributed by atoms with Crippen LogP contribution < -0.4 is 10.6 Å². The third kappa shape index (κ3) is 3.65. The van der Waals surface area contributed by atoms with Crippen LogP contribution in [-0.2, 0) is 4.79 Å². The van der Waals surface area contributed by atoms with Gasteiger partial charge in [0.25, 0.3) is 5.69 Å². The molecular formula is C12H14ClN3O3. The third-order valence-corrected chi connectivity index (χ3v) is 3.26. The second kappa shape index (κ2) is 5.99. The van der Waals surface area contributed by atoms with Crippen molar-refractivity contribution in [3.8, 4) is 0 Å². The molecular weight excluding hydrogens is 270 g/mol. The Hall–Kier alpha value is -1.66. The van der Waals surface area contributed by atoms with Gasteiger partial charge in [0.05, 0.1) is 4.92 Å². The summed E-state index contributed by atoms with van der Waals surface area (Å²) in [6, 6.07) is 4.25. The molecule has 0 aromatic heterocycles. The zero-order valence-electron chi connectivity index (χ0n) is 10.2. The average molecular weight is 284 g/mol. The fourth-order valence-electron chi connectivity index (χ4n) is 2.12. The Labute approximate surface area is 115 Å². The molecule has 1 fully saturated rings. The number of nitrogens with one attached hydrogen (secondary N) is 2. The van der Waals surface area contributed by atoms with E-state index in [-0.39, 0.29) is 23.3 Å². The van der Waals surface area contributed by atoms with Crippen molar-refractivity contribution in [1.29, 1.82) is 0 Å². The molecule has 1 aliphatic rings. The van der Waals surface area contributed by atoms with Crippen molar-refractivity contribution in [2.24, 2.45) is 0 Å². The van der Waals surface area contributed by atoms with Crippen LogP contribution in [-0.4, -0.2) is 23.4 Å². The molecule has 0 spiro atoms. The van der Waals surface area contributed by atoms with Gasteiger partial charge in [-0.1, -0.05) is 11.6 Å². The first kappa shape index (κ1) is 13.8. The van der Waals surface area contributed by atoms with Crippen molar-refractivity contribution in [1.82, 2.24) is 5.32 Å². The summed E-state index contributed by atoms with van der Waals surface area (Å²) in [5.41, 5.74) is -0.0161. The van der Waals surface area contributed by atoms with Gasteiger partial charge >= 0.3 is 0 Å². The van der Waals surface area contributed by atoms with Crippen LogP contribution in [0.15, 0.2) is 18.2 Å². The number of nitrogens with zero attached hydrogens (tertiary/aromatic N) is 1. The standard InChI is InChI=1S/C12H14ClN3O3/c13-8-3-4-11(16(18)19)10(6-8)15-12(17)7-9-2-1-5-14-9/h3-4,6,9,14H,1-2,5,7H2,(H,15,17). The van der Waals surface area contributed by atoms with Crippen LogP contribution in [0.25, 0.3) is 0 Å². The van der Waals surface area contributed by atoms with Crippen LogP contribution in [0.3, 0.4) is 0 Å². The summed E-state index contributed by atoms with van der Waals surface area (Å²) in [7, 11) is 0. The lowest BCUT2D eigenvalue weighted by Gasteiger charge is -2.10. The topological polar surface area (TPSA) is 84.3 Å². The normalized spacial score (nSPS) is 18.3. The van der Waals surface area contributed by atoms with Crippen molar-refractivity contribution in [3.63, 3.8) is 0 Å². The molecule has 1 atom stereocenters. The van der Waals surface area contributed by atoms with Crippen molar-refractivity contribution in [2.45, 2.75) is 25.3 Å². The minimum atomic E-state index is -0.542. The zero-order chi connectivity index (χ0) is 13.8. The van der Waals surface area contributed by atoms with Gasteiger partial charge in [-0.15, -0.1) is 0 Å². The summed E-state index contributed by atoms with van der Waals surface area (Å²) in [6.45, 7) is 0.912. The van der Waals surface area contributed by atoms with Crippen LogP contribution in [0.4, 0.5) is 11.4 Å². The number of nitro benzene ring substituents is 1. The fourth-order valence-corrected chi connectivity index (χ4v) is 2.30. The van der Waals surface area contributed by atoms with E-state index in [2.05, 4.69) is 10.6 Å². The third-order valence-electron chi connectivity index (χ3n) is 3.02. The molecule has 6 nitrogen and oxygen atoms in total. The number of hydrogen-bond acceptors (Lipinski definition) is 4. The second-order valence-corrected chi connectivity index (χ2v) is 4.90. The number of carbonyl (C=O) groups excluding carboxylic acids is 1. The molecule has 1 unspecified atom stereocenters. The average Bonchev–Trinajstić information content (AvgIpc) is 2.81. The van der Waals surface area contributed by atoms with Crippen LogP contribution in [0.5, 0.6) is 0 Å². The van der Waals surface area contributed by atoms with Gasteiger partial charge in [0.1, 0.15) is 5.69 Å². The summed E-state index contributed by atoms with van der Waals surface area (Å²) < 4.78 is 0. The molecule has 19 heavy (non-hydrogen) atoms. The first-order chi connectivity index (χ1) is 9.06. The van der Waals surface area contributed by atoms with Gasteiger partial charge in [-0.25, -0.2) is 0 Å². The first-order valence-electron chi connectivity index (χ1n) is 6.03. The lowest BCUT2D eigenvalue weighted by atomic mass is 10.1. The van der Waals surface area contributed by atoms with Crippen LogP contribution in [0.2, 0.25) is 5.02 Å². The van der Waals surface area contributed by atoms with Crippen molar-refractivity contribution < 1.29 is 9.72 Å². The molecule has 1 saturated heterocycles. The maximum Gasteiger partial charge on any atom is 0.292 e. The van der Waals surface area contributed by atoms with Crippen LogP contribution in [0.1, 0.15) is 19.3 Å². The number of nitro groups is 1. The van der Waals surface area contributed by atoms with Crippen molar-refractivity contribution in [3.05, 3.63) is 33.3 Å². The summed E-state index contributed by atoms with van der Waals surface area (Å²) in [6.07, 6.45) is 2.31. The Morgan fingerprint density at radius 2 is 2.37 bits per heavy atom. The monoisotopic (exact) mass is 283 g/mol. The molecule has 1 aromatic rings. The highest BCUT2D eigenvalue weighted by atomic mass is 35.5. The number of rotatable bonds is 4. The van der Waals surface area contributed by atoms with Gasteiger partial charge in [0.15, 0.2) is 0 Å². The van der Waals surface area contributed by atoms with E-state index in [0.29, 0.717) is 11.4 Å². The number of amides is 1. The van der Waals surface area contributed by atoms with E-state index in [9.17, 15) is 14.9 Å². The molecule has 0 saturated carbocycles. The summed E-state index contributed by atoms with van der Waals surface area (Å²) in [5, 5.41) is 17.0. The number of hydrogen-bond donors (Lipinski definition) is 2. The maximum absolute atomic E-state index is 11.8. The molecule has 2 rings (SSSR count). The Morgan fingerprint density at radius 1 is 1.58 bits per heavy atom. The first-order valence-corrected chi connectivity index (χ1v) is 6.41. The highest BCUT2D eigenvalue weighted by Gasteiger charge is 2.20. The molecule has 1 heterocycles. The van der Waals surface area contributed by atoms with Gasteiger partial charge in [-0.2, -0.15) is 0 Å². The number of carbonyl (C=O) groups is 1. The predicted octanol–water partition coefficient (Wildman–Crippen LogP) is 2.33. The van der Waals surface area contributed by atoms with E-state index in [1.165, 1.54) is 18.2 Å². The van der Waals surface area contributed by atoms with E-state index in [4.69, 9.17) is 11.6 Å². The predicted molar refractivity (Wildman–Crippen MR) is 72.4 cm³/mol. The fraction of sp³-hybridized carbons (Fsp3) is 0.417. The molecule has 1 amide bonds. The summed E-state index contributed by atoms with van der Waals surface area (Å²) >= 11 is 5.79. The summed E-state index contributed by atoms with van der Waals surface area (Å²) in [5.74, 6) is -0.246. The minimum absolute atomic E-state index is 0.139. The van der Waals surface area contributed by atoms with E-state index >= 15 is 0 Å². The summed E-state index contributed by atoms with van der Waals surface area (Å²) in [4.78, 5) is 22.2. The number of anilines is 1. The highest BCUT2D eigenvalue weighted by molar-refractivity contribution is 6.31. The van der Waals surface area contributed by atoms with E-state index in [1.54, 1.807) is 0 Å².